The van der Waals surface area contributed by atoms with Crippen LogP contribution in [-0.2, 0) is 23.1 Å². The van der Waals surface area contributed by atoms with Gasteiger partial charge in [-0.3, -0.25) is 0 Å². The summed E-state index contributed by atoms with van der Waals surface area (Å²) < 4.78 is 27.4. The smallest absolute Gasteiger partial charge is 0.242 e. The van der Waals surface area contributed by atoms with Gasteiger partial charge in [0.15, 0.2) is 0 Å². The first-order valence-electron chi connectivity index (χ1n) is 6.73. The van der Waals surface area contributed by atoms with E-state index < -0.39 is 10.0 Å². The summed E-state index contributed by atoms with van der Waals surface area (Å²) in [7, 11) is -3.45. The maximum atomic E-state index is 12.4. The van der Waals surface area contributed by atoms with Crippen molar-refractivity contribution in [2.75, 3.05) is 0 Å². The van der Waals surface area contributed by atoms with Crippen LogP contribution in [0.2, 0.25) is 0 Å². The molecule has 0 bridgehead atoms. The molecule has 4 nitrogen and oxygen atoms in total. The molecule has 0 spiro atoms. The molecule has 0 aliphatic heterocycles. The monoisotopic (exact) mass is 344 g/mol. The Kier molecular flexibility index (Phi) is 5.56. The van der Waals surface area contributed by atoms with Crippen molar-refractivity contribution in [1.29, 1.82) is 0 Å². The van der Waals surface area contributed by atoms with Gasteiger partial charge in [0.05, 0.1) is 4.90 Å². The van der Waals surface area contributed by atoms with E-state index in [1.54, 1.807) is 17.4 Å². The summed E-state index contributed by atoms with van der Waals surface area (Å²) in [6, 6.07) is 5.99. The molecule has 0 aromatic carbocycles. The van der Waals surface area contributed by atoms with Crippen LogP contribution in [0.3, 0.4) is 0 Å². The molecule has 0 unspecified atom stereocenters. The zero-order valence-corrected chi connectivity index (χ0v) is 14.8. The molecule has 116 valence electrons. The lowest BCUT2D eigenvalue weighted by Gasteiger charge is -2.05. The van der Waals surface area contributed by atoms with Gasteiger partial charge in [-0.1, -0.05) is 19.9 Å². The van der Waals surface area contributed by atoms with Gasteiger partial charge in [0.1, 0.15) is 0 Å². The Hall–Kier alpha value is -0.730. The highest BCUT2D eigenvalue weighted by Crippen LogP contribution is 2.26. The van der Waals surface area contributed by atoms with Gasteiger partial charge >= 0.3 is 0 Å². The fourth-order valence-corrected chi connectivity index (χ4v) is 5.17. The molecule has 0 aliphatic carbocycles. The zero-order chi connectivity index (χ0) is 15.5. The first-order valence-corrected chi connectivity index (χ1v) is 9.91. The molecule has 2 rings (SSSR count). The Morgan fingerprint density at radius 3 is 2.62 bits per heavy atom. The molecule has 0 atom stereocenters. The average Bonchev–Trinajstić information content (AvgIpc) is 3.03. The molecule has 0 saturated heterocycles. The normalized spacial score (nSPS) is 12.2. The molecule has 2 aromatic heterocycles. The molecular weight excluding hydrogens is 324 g/mol. The summed E-state index contributed by atoms with van der Waals surface area (Å²) >= 11 is 3.07. The standard InChI is InChI=1S/C14H20N2O2S3/c1-10(2)15-8-13-7-14(11(3)20-13)21(17,18)16-9-12-5-4-6-19-12/h4-7,10,15-16H,8-9H2,1-3H3. The maximum Gasteiger partial charge on any atom is 0.242 e. The fraction of sp³-hybridized carbons (Fsp3) is 0.429. The Morgan fingerprint density at radius 2 is 2.00 bits per heavy atom. The summed E-state index contributed by atoms with van der Waals surface area (Å²) in [4.78, 5) is 3.27. The molecule has 2 N–H and O–H groups in total. The highest BCUT2D eigenvalue weighted by molar-refractivity contribution is 7.89. The minimum absolute atomic E-state index is 0.342. The predicted molar refractivity (Wildman–Crippen MR) is 89.4 cm³/mol. The van der Waals surface area contributed by atoms with E-state index in [1.165, 1.54) is 11.3 Å². The average molecular weight is 345 g/mol. The van der Waals surface area contributed by atoms with Gasteiger partial charge in [0.25, 0.3) is 0 Å². The van der Waals surface area contributed by atoms with Crippen molar-refractivity contribution < 1.29 is 8.42 Å². The molecule has 0 saturated carbocycles. The van der Waals surface area contributed by atoms with Crippen LogP contribution in [0.4, 0.5) is 0 Å². The Bertz CT molecular complexity index is 673. The molecule has 21 heavy (non-hydrogen) atoms. The van der Waals surface area contributed by atoms with Gasteiger partial charge in [-0.05, 0) is 24.4 Å². The molecule has 2 heterocycles. The topological polar surface area (TPSA) is 58.2 Å². The van der Waals surface area contributed by atoms with Crippen molar-refractivity contribution >= 4 is 32.7 Å². The number of hydrogen-bond acceptors (Lipinski definition) is 5. The summed E-state index contributed by atoms with van der Waals surface area (Å²) in [6.07, 6.45) is 0. The third-order valence-corrected chi connectivity index (χ3v) is 6.50. The van der Waals surface area contributed by atoms with Crippen molar-refractivity contribution in [1.82, 2.24) is 10.0 Å². The molecule has 0 fully saturated rings. The predicted octanol–water partition coefficient (Wildman–Crippen LogP) is 3.09. The van der Waals surface area contributed by atoms with Gasteiger partial charge in [-0.15, -0.1) is 22.7 Å². The second kappa shape index (κ2) is 7.02. The van der Waals surface area contributed by atoms with Crippen LogP contribution >= 0.6 is 22.7 Å². The van der Waals surface area contributed by atoms with Crippen LogP contribution in [0.5, 0.6) is 0 Å². The third-order valence-electron chi connectivity index (χ3n) is 2.91. The molecule has 0 radical (unpaired) electrons. The number of aryl methyl sites for hydroxylation is 1. The largest absolute Gasteiger partial charge is 0.310 e. The summed E-state index contributed by atoms with van der Waals surface area (Å²) in [6.45, 7) is 7.03. The Balaban J connectivity index is 2.08. The highest BCUT2D eigenvalue weighted by Gasteiger charge is 2.19. The second-order valence-electron chi connectivity index (χ2n) is 5.07. The molecule has 2 aromatic rings. The zero-order valence-electron chi connectivity index (χ0n) is 12.3. The van der Waals surface area contributed by atoms with Crippen molar-refractivity contribution in [3.63, 3.8) is 0 Å². The van der Waals surface area contributed by atoms with E-state index >= 15 is 0 Å². The fourth-order valence-electron chi connectivity index (χ4n) is 1.84. The van der Waals surface area contributed by atoms with Crippen LogP contribution < -0.4 is 10.0 Å². The first kappa shape index (κ1) is 16.6. The van der Waals surface area contributed by atoms with Crippen molar-refractivity contribution in [2.45, 2.75) is 44.8 Å². The van der Waals surface area contributed by atoms with E-state index in [9.17, 15) is 8.42 Å². The Morgan fingerprint density at radius 1 is 1.24 bits per heavy atom. The van der Waals surface area contributed by atoms with Crippen molar-refractivity contribution in [3.8, 4) is 0 Å². The maximum absolute atomic E-state index is 12.4. The van der Waals surface area contributed by atoms with E-state index in [4.69, 9.17) is 0 Å². The number of hydrogen-bond donors (Lipinski definition) is 2. The lowest BCUT2D eigenvalue weighted by atomic mass is 10.3. The lowest BCUT2D eigenvalue weighted by Crippen LogP contribution is -2.23. The van der Waals surface area contributed by atoms with Gasteiger partial charge in [0, 0.05) is 33.8 Å². The Labute approximate surface area is 134 Å². The van der Waals surface area contributed by atoms with Gasteiger partial charge < -0.3 is 5.32 Å². The summed E-state index contributed by atoms with van der Waals surface area (Å²) in [5.74, 6) is 0. The van der Waals surface area contributed by atoms with Gasteiger partial charge in [-0.2, -0.15) is 0 Å². The van der Waals surface area contributed by atoms with E-state index in [0.29, 0.717) is 24.0 Å². The summed E-state index contributed by atoms with van der Waals surface area (Å²) in [5.41, 5.74) is 0. The minimum atomic E-state index is -3.45. The van der Waals surface area contributed by atoms with Crippen molar-refractivity contribution in [2.24, 2.45) is 0 Å². The van der Waals surface area contributed by atoms with Crippen LogP contribution in [0.15, 0.2) is 28.5 Å². The molecular formula is C14H20N2O2S3. The van der Waals surface area contributed by atoms with Crippen LogP contribution in [0, 0.1) is 6.92 Å². The van der Waals surface area contributed by atoms with Gasteiger partial charge in [-0.25, -0.2) is 13.1 Å². The molecule has 0 amide bonds. The second-order valence-corrected chi connectivity index (χ2v) is 9.18. The molecule has 0 aliphatic rings. The van der Waals surface area contributed by atoms with Crippen LogP contribution in [0.1, 0.15) is 28.5 Å². The van der Waals surface area contributed by atoms with Crippen LogP contribution in [0.25, 0.3) is 0 Å². The summed E-state index contributed by atoms with van der Waals surface area (Å²) in [5, 5.41) is 5.24. The van der Waals surface area contributed by atoms with Crippen molar-refractivity contribution in [3.05, 3.63) is 38.2 Å². The number of thiophene rings is 2. The van der Waals surface area contributed by atoms with E-state index in [2.05, 4.69) is 23.9 Å². The SMILES string of the molecule is Cc1sc(CNC(C)C)cc1S(=O)(=O)NCc1cccs1. The molecule has 7 heteroatoms. The number of rotatable bonds is 7. The third kappa shape index (κ3) is 4.62. The minimum Gasteiger partial charge on any atom is -0.310 e. The number of nitrogens with one attached hydrogen (secondary N) is 2. The first-order chi connectivity index (χ1) is 9.88. The van der Waals surface area contributed by atoms with E-state index in [0.717, 1.165) is 14.6 Å². The number of sulfonamides is 1. The lowest BCUT2D eigenvalue weighted by molar-refractivity contribution is 0.581. The van der Waals surface area contributed by atoms with E-state index in [-0.39, 0.29) is 0 Å². The van der Waals surface area contributed by atoms with Crippen LogP contribution in [-0.4, -0.2) is 14.5 Å². The van der Waals surface area contributed by atoms with E-state index in [1.807, 2.05) is 24.4 Å². The quantitative estimate of drug-likeness (QED) is 0.811. The highest BCUT2D eigenvalue weighted by atomic mass is 32.2. The van der Waals surface area contributed by atoms with Gasteiger partial charge in [0.2, 0.25) is 10.0 Å².